The summed E-state index contributed by atoms with van der Waals surface area (Å²) in [4.78, 5) is 10.8. The van der Waals surface area contributed by atoms with Gasteiger partial charge in [0.1, 0.15) is 0 Å². The van der Waals surface area contributed by atoms with Gasteiger partial charge in [-0.1, -0.05) is 13.8 Å². The molecule has 0 aromatic rings. The molecule has 72 valence electrons. The normalized spacial score (nSPS) is 22.8. The highest BCUT2D eigenvalue weighted by Gasteiger charge is 2.43. The van der Waals surface area contributed by atoms with Crippen LogP contribution in [0.4, 0.5) is 0 Å². The van der Waals surface area contributed by atoms with E-state index in [9.17, 15) is 4.79 Å². The van der Waals surface area contributed by atoms with Crippen LogP contribution in [0.3, 0.4) is 0 Å². The highest BCUT2D eigenvalue weighted by atomic mass is 16.5. The van der Waals surface area contributed by atoms with E-state index in [0.717, 1.165) is 0 Å². The van der Waals surface area contributed by atoms with Gasteiger partial charge in [-0.2, -0.15) is 0 Å². The zero-order chi connectivity index (χ0) is 9.90. The van der Waals surface area contributed by atoms with E-state index in [1.165, 1.54) is 12.5 Å². The number of carbonyl (C=O) groups is 1. The van der Waals surface area contributed by atoms with Gasteiger partial charge >= 0.3 is 5.97 Å². The molecule has 2 heteroatoms. The van der Waals surface area contributed by atoms with Crippen LogP contribution in [0.25, 0.3) is 0 Å². The fourth-order valence-electron chi connectivity index (χ4n) is 1.21. The van der Waals surface area contributed by atoms with Crippen molar-refractivity contribution in [3.63, 3.8) is 0 Å². The summed E-state index contributed by atoms with van der Waals surface area (Å²) in [6.45, 7) is 6.63. The molecule has 0 saturated heterocycles. The minimum atomic E-state index is -0.308. The lowest BCUT2D eigenvalue weighted by Crippen LogP contribution is -1.97. The predicted octanol–water partition coefficient (Wildman–Crippen LogP) is 2.31. The Bertz CT molecular complexity index is 257. The Balaban J connectivity index is 2.36. The molecule has 2 nitrogen and oxygen atoms in total. The van der Waals surface area contributed by atoms with Gasteiger partial charge in [0.2, 0.25) is 0 Å². The Hall–Kier alpha value is -1.01. The van der Waals surface area contributed by atoms with Crippen LogP contribution in [-0.2, 0) is 9.53 Å². The van der Waals surface area contributed by atoms with E-state index >= 15 is 0 Å². The van der Waals surface area contributed by atoms with E-state index in [1.807, 2.05) is 6.08 Å². The monoisotopic (exact) mass is 180 g/mol. The highest BCUT2D eigenvalue weighted by Crippen LogP contribution is 2.52. The molecule has 0 heterocycles. The molecule has 1 rings (SSSR count). The third-order valence-corrected chi connectivity index (χ3v) is 2.37. The molecule has 0 bridgehead atoms. The maximum Gasteiger partial charge on any atom is 0.338 e. The van der Waals surface area contributed by atoms with Gasteiger partial charge in [0, 0.05) is 0 Å². The molecule has 1 unspecified atom stereocenters. The van der Waals surface area contributed by atoms with Crippen molar-refractivity contribution in [3.05, 3.63) is 17.9 Å². The van der Waals surface area contributed by atoms with E-state index < -0.39 is 0 Å². The molecule has 0 aromatic heterocycles. The molecular formula is C11H16O2. The molecule has 1 saturated carbocycles. The van der Waals surface area contributed by atoms with Crippen LogP contribution in [0.2, 0.25) is 0 Å². The lowest BCUT2D eigenvalue weighted by atomic mass is 10.1. The van der Waals surface area contributed by atoms with Gasteiger partial charge in [0.05, 0.1) is 12.7 Å². The third kappa shape index (κ3) is 3.08. The van der Waals surface area contributed by atoms with Crippen molar-refractivity contribution in [3.8, 4) is 0 Å². The Morgan fingerprint density at radius 2 is 2.31 bits per heavy atom. The Morgan fingerprint density at radius 3 is 2.77 bits per heavy atom. The molecule has 1 fully saturated rings. The molecule has 0 amide bonds. The minimum absolute atomic E-state index is 0.308. The largest absolute Gasteiger partial charge is 0.462 e. The zero-order valence-corrected chi connectivity index (χ0v) is 8.46. The van der Waals surface area contributed by atoms with Crippen molar-refractivity contribution in [2.45, 2.75) is 27.2 Å². The first-order chi connectivity index (χ1) is 6.06. The lowest BCUT2D eigenvalue weighted by Gasteiger charge is -1.94. The van der Waals surface area contributed by atoms with Gasteiger partial charge in [-0.15, -0.1) is 5.73 Å². The molecule has 0 aliphatic heterocycles. The van der Waals surface area contributed by atoms with Crippen molar-refractivity contribution in [1.29, 1.82) is 0 Å². The number of ether oxygens (including phenoxy) is 1. The van der Waals surface area contributed by atoms with Crippen LogP contribution in [0, 0.1) is 11.3 Å². The summed E-state index contributed by atoms with van der Waals surface area (Å²) in [5.41, 5.74) is 3.28. The van der Waals surface area contributed by atoms with Crippen LogP contribution in [0.15, 0.2) is 17.9 Å². The first kappa shape index (κ1) is 10.1. The molecule has 13 heavy (non-hydrogen) atoms. The second-order valence-electron chi connectivity index (χ2n) is 4.03. The van der Waals surface area contributed by atoms with Gasteiger partial charge in [0.15, 0.2) is 0 Å². The fourth-order valence-corrected chi connectivity index (χ4v) is 1.21. The standard InChI is InChI=1S/C11H16O2/c1-4-13-10(12)7-5-6-9-8-11(9,2)3/h6-7,9H,4,8H2,1-3H3. The van der Waals surface area contributed by atoms with Crippen molar-refractivity contribution < 1.29 is 9.53 Å². The summed E-state index contributed by atoms with van der Waals surface area (Å²) in [5.74, 6) is 0.274. The van der Waals surface area contributed by atoms with Gasteiger partial charge in [-0.05, 0) is 30.8 Å². The quantitative estimate of drug-likeness (QED) is 0.378. The summed E-state index contributed by atoms with van der Waals surface area (Å²) in [6, 6.07) is 0. The molecule has 1 aliphatic carbocycles. The van der Waals surface area contributed by atoms with E-state index in [1.54, 1.807) is 6.92 Å². The van der Waals surface area contributed by atoms with Crippen molar-refractivity contribution >= 4 is 5.97 Å². The van der Waals surface area contributed by atoms with Crippen molar-refractivity contribution in [2.75, 3.05) is 6.61 Å². The Labute approximate surface area is 79.3 Å². The van der Waals surface area contributed by atoms with Crippen LogP contribution in [0.5, 0.6) is 0 Å². The zero-order valence-electron chi connectivity index (χ0n) is 8.46. The third-order valence-electron chi connectivity index (χ3n) is 2.37. The number of hydrogen-bond acceptors (Lipinski definition) is 2. The Kier molecular flexibility index (Phi) is 2.94. The van der Waals surface area contributed by atoms with Gasteiger partial charge in [0.25, 0.3) is 0 Å². The van der Waals surface area contributed by atoms with Gasteiger partial charge in [-0.3, -0.25) is 0 Å². The van der Waals surface area contributed by atoms with E-state index in [2.05, 4.69) is 19.6 Å². The van der Waals surface area contributed by atoms with Crippen molar-refractivity contribution in [2.24, 2.45) is 11.3 Å². The molecule has 0 radical (unpaired) electrons. The minimum Gasteiger partial charge on any atom is -0.462 e. The maximum absolute atomic E-state index is 10.8. The van der Waals surface area contributed by atoms with Crippen LogP contribution >= 0.6 is 0 Å². The molecule has 1 atom stereocenters. The smallest absolute Gasteiger partial charge is 0.338 e. The van der Waals surface area contributed by atoms with Gasteiger partial charge in [-0.25, -0.2) is 4.79 Å². The second-order valence-corrected chi connectivity index (χ2v) is 4.03. The second kappa shape index (κ2) is 3.80. The number of hydrogen-bond donors (Lipinski definition) is 0. The Morgan fingerprint density at radius 1 is 1.69 bits per heavy atom. The number of carbonyl (C=O) groups excluding carboxylic acids is 1. The summed E-state index contributed by atoms with van der Waals surface area (Å²) in [7, 11) is 0. The maximum atomic E-state index is 10.8. The summed E-state index contributed by atoms with van der Waals surface area (Å²) >= 11 is 0. The molecular weight excluding hydrogens is 164 g/mol. The lowest BCUT2D eigenvalue weighted by molar-refractivity contribution is -0.137. The van der Waals surface area contributed by atoms with E-state index in [-0.39, 0.29) is 5.97 Å². The summed E-state index contributed by atoms with van der Waals surface area (Å²) < 4.78 is 4.72. The number of esters is 1. The summed E-state index contributed by atoms with van der Waals surface area (Å²) in [6.07, 6.45) is 4.51. The topological polar surface area (TPSA) is 26.3 Å². The average molecular weight is 180 g/mol. The van der Waals surface area contributed by atoms with E-state index in [4.69, 9.17) is 4.74 Å². The average Bonchev–Trinajstić information content (AvgIpc) is 2.59. The fraction of sp³-hybridized carbons (Fsp3) is 0.636. The molecule has 0 N–H and O–H groups in total. The van der Waals surface area contributed by atoms with Crippen LogP contribution in [-0.4, -0.2) is 12.6 Å². The van der Waals surface area contributed by atoms with Gasteiger partial charge < -0.3 is 4.74 Å². The first-order valence-corrected chi connectivity index (χ1v) is 4.65. The van der Waals surface area contributed by atoms with Crippen LogP contribution in [0.1, 0.15) is 27.2 Å². The van der Waals surface area contributed by atoms with Crippen molar-refractivity contribution in [1.82, 2.24) is 0 Å². The van der Waals surface area contributed by atoms with Crippen LogP contribution < -0.4 is 0 Å². The molecule has 0 spiro atoms. The van der Waals surface area contributed by atoms with E-state index in [0.29, 0.717) is 17.9 Å². The SMILES string of the molecule is CCOC(=O)C=C=CC1CC1(C)C. The molecule has 0 aromatic carbocycles. The summed E-state index contributed by atoms with van der Waals surface area (Å²) in [5, 5.41) is 0. The number of rotatable bonds is 3. The first-order valence-electron chi connectivity index (χ1n) is 4.65. The molecule has 1 aliphatic rings. The highest BCUT2D eigenvalue weighted by molar-refractivity contribution is 5.81. The predicted molar refractivity (Wildman–Crippen MR) is 51.2 cm³/mol.